The van der Waals surface area contributed by atoms with E-state index in [0.29, 0.717) is 5.78 Å². The van der Waals surface area contributed by atoms with Crippen molar-refractivity contribution in [2.45, 2.75) is 50.5 Å². The summed E-state index contributed by atoms with van der Waals surface area (Å²) in [6, 6.07) is 0. The van der Waals surface area contributed by atoms with Crippen LogP contribution in [-0.4, -0.2) is 18.0 Å². The molecule has 0 amide bonds. The number of hydrogen-bond donors (Lipinski definition) is 0. The quantitative estimate of drug-likeness (QED) is 0.591. The van der Waals surface area contributed by atoms with E-state index in [1.807, 2.05) is 0 Å². The Morgan fingerprint density at radius 1 is 1.21 bits per heavy atom. The van der Waals surface area contributed by atoms with Crippen molar-refractivity contribution in [1.82, 2.24) is 0 Å². The molecule has 0 aromatic heterocycles. The van der Waals surface area contributed by atoms with Gasteiger partial charge in [0.2, 0.25) is 0 Å². The lowest BCUT2D eigenvalue weighted by atomic mass is 9.80. The molecule has 3 fully saturated rings. The van der Waals surface area contributed by atoms with Gasteiger partial charge in [-0.3, -0.25) is 4.79 Å². The lowest BCUT2D eigenvalue weighted by molar-refractivity contribution is -0.150. The van der Waals surface area contributed by atoms with Crippen molar-refractivity contribution >= 4 is 5.78 Å². The van der Waals surface area contributed by atoms with Crippen LogP contribution in [0.15, 0.2) is 0 Å². The predicted molar refractivity (Wildman–Crippen MR) is 53.0 cm³/mol. The van der Waals surface area contributed by atoms with Gasteiger partial charge in [-0.2, -0.15) is 0 Å². The Morgan fingerprint density at radius 2 is 2.14 bits per heavy atom. The maximum Gasteiger partial charge on any atom is 0.164 e. The molecule has 0 N–H and O–H groups in total. The molecule has 1 heterocycles. The molecule has 0 aromatic carbocycles. The first-order chi connectivity index (χ1) is 6.80. The molecule has 1 spiro atoms. The summed E-state index contributed by atoms with van der Waals surface area (Å²) < 4.78 is 5.95. The molecule has 0 bridgehead atoms. The number of carbonyl (C=O) groups is 1. The second-order valence-electron chi connectivity index (χ2n) is 5.23. The van der Waals surface area contributed by atoms with E-state index in [2.05, 4.69) is 0 Å². The van der Waals surface area contributed by atoms with Crippen molar-refractivity contribution in [2.24, 2.45) is 11.8 Å². The van der Waals surface area contributed by atoms with Crippen molar-refractivity contribution in [2.75, 3.05) is 6.61 Å². The number of hydrogen-bond acceptors (Lipinski definition) is 2. The molecular formula is C12H18O2. The van der Waals surface area contributed by atoms with Crippen LogP contribution in [0.5, 0.6) is 0 Å². The topological polar surface area (TPSA) is 26.3 Å². The third-order valence-corrected chi connectivity index (χ3v) is 4.30. The fourth-order valence-corrected chi connectivity index (χ4v) is 3.11. The van der Waals surface area contributed by atoms with Crippen LogP contribution >= 0.6 is 0 Å². The first kappa shape index (κ1) is 8.90. The number of Topliss-reactive ketones (excluding diaryl/α,β-unsaturated/α-hetero) is 1. The fourth-order valence-electron chi connectivity index (χ4n) is 3.11. The van der Waals surface area contributed by atoms with Gasteiger partial charge in [0, 0.05) is 6.42 Å². The molecule has 0 aromatic rings. The number of carbonyl (C=O) groups excluding carboxylic acids is 1. The van der Waals surface area contributed by atoms with Crippen LogP contribution < -0.4 is 0 Å². The Labute approximate surface area is 85.0 Å². The minimum Gasteiger partial charge on any atom is -0.367 e. The van der Waals surface area contributed by atoms with E-state index in [4.69, 9.17) is 4.74 Å². The van der Waals surface area contributed by atoms with Crippen LogP contribution in [0.1, 0.15) is 44.9 Å². The zero-order valence-electron chi connectivity index (χ0n) is 8.63. The second kappa shape index (κ2) is 3.06. The molecular weight excluding hydrogens is 176 g/mol. The zero-order valence-corrected chi connectivity index (χ0v) is 8.63. The summed E-state index contributed by atoms with van der Waals surface area (Å²) in [5, 5.41) is 0. The monoisotopic (exact) mass is 194 g/mol. The first-order valence-electron chi connectivity index (χ1n) is 5.97. The Kier molecular flexibility index (Phi) is 1.94. The van der Waals surface area contributed by atoms with Gasteiger partial charge in [0.15, 0.2) is 5.78 Å². The molecule has 3 atom stereocenters. The zero-order chi connectivity index (χ0) is 9.60. The summed E-state index contributed by atoms with van der Waals surface area (Å²) in [5.41, 5.74) is -0.328. The Morgan fingerprint density at radius 3 is 3.00 bits per heavy atom. The molecule has 3 aliphatic rings. The standard InChI is InChI=1S/C12H18O2/c13-11-3-1-2-5-12(11)6-4-9-7-10(9)8-14-12/h9-10H,1-8H2/t9-,10+,12-/m0/s1. The van der Waals surface area contributed by atoms with Crippen LogP contribution in [0.25, 0.3) is 0 Å². The van der Waals surface area contributed by atoms with Gasteiger partial charge in [0.1, 0.15) is 5.60 Å². The Hall–Kier alpha value is -0.370. The molecule has 0 unspecified atom stereocenters. The third kappa shape index (κ3) is 1.31. The van der Waals surface area contributed by atoms with E-state index < -0.39 is 0 Å². The minimum absolute atomic E-state index is 0.328. The van der Waals surface area contributed by atoms with Gasteiger partial charge in [0.05, 0.1) is 6.61 Å². The smallest absolute Gasteiger partial charge is 0.164 e. The molecule has 2 nitrogen and oxygen atoms in total. The fraction of sp³-hybridized carbons (Fsp3) is 0.917. The van der Waals surface area contributed by atoms with E-state index >= 15 is 0 Å². The van der Waals surface area contributed by atoms with Crippen molar-refractivity contribution in [3.05, 3.63) is 0 Å². The third-order valence-electron chi connectivity index (χ3n) is 4.30. The highest BCUT2D eigenvalue weighted by Gasteiger charge is 2.48. The van der Waals surface area contributed by atoms with Crippen LogP contribution in [0.2, 0.25) is 0 Å². The maximum atomic E-state index is 11.9. The van der Waals surface area contributed by atoms with E-state index in [9.17, 15) is 4.79 Å². The second-order valence-corrected chi connectivity index (χ2v) is 5.23. The lowest BCUT2D eigenvalue weighted by Gasteiger charge is -2.35. The van der Waals surface area contributed by atoms with E-state index in [-0.39, 0.29) is 5.60 Å². The van der Waals surface area contributed by atoms with Crippen LogP contribution in [0.4, 0.5) is 0 Å². The van der Waals surface area contributed by atoms with E-state index in [0.717, 1.165) is 44.1 Å². The number of rotatable bonds is 0. The highest BCUT2D eigenvalue weighted by Crippen LogP contribution is 2.49. The van der Waals surface area contributed by atoms with Gasteiger partial charge >= 0.3 is 0 Å². The summed E-state index contributed by atoms with van der Waals surface area (Å²) in [5.74, 6) is 2.08. The molecule has 2 aliphatic carbocycles. The maximum absolute atomic E-state index is 11.9. The van der Waals surface area contributed by atoms with Crippen molar-refractivity contribution < 1.29 is 9.53 Å². The molecule has 2 heteroatoms. The molecule has 1 aliphatic heterocycles. The first-order valence-corrected chi connectivity index (χ1v) is 5.97. The Balaban J connectivity index is 1.76. The number of ether oxygens (including phenoxy) is 1. The largest absolute Gasteiger partial charge is 0.367 e. The number of ketones is 1. The summed E-state index contributed by atoms with van der Waals surface area (Å²) in [7, 11) is 0. The van der Waals surface area contributed by atoms with Crippen LogP contribution in [0, 0.1) is 11.8 Å². The molecule has 2 saturated carbocycles. The summed E-state index contributed by atoms with van der Waals surface area (Å²) in [4.78, 5) is 11.9. The van der Waals surface area contributed by atoms with E-state index in [1.165, 1.54) is 19.3 Å². The van der Waals surface area contributed by atoms with Crippen molar-refractivity contribution in [1.29, 1.82) is 0 Å². The van der Waals surface area contributed by atoms with Gasteiger partial charge in [-0.15, -0.1) is 0 Å². The lowest BCUT2D eigenvalue weighted by Crippen LogP contribution is -2.43. The minimum atomic E-state index is -0.328. The van der Waals surface area contributed by atoms with Gasteiger partial charge in [-0.25, -0.2) is 0 Å². The van der Waals surface area contributed by atoms with Gasteiger partial charge < -0.3 is 4.74 Å². The van der Waals surface area contributed by atoms with E-state index in [1.54, 1.807) is 0 Å². The summed E-state index contributed by atoms with van der Waals surface area (Å²) in [6.07, 6.45) is 7.60. The molecule has 78 valence electrons. The predicted octanol–water partition coefficient (Wildman–Crippen LogP) is 2.31. The normalized spacial score (nSPS) is 47.3. The summed E-state index contributed by atoms with van der Waals surface area (Å²) in [6.45, 7) is 0.858. The van der Waals surface area contributed by atoms with Gasteiger partial charge in [0.25, 0.3) is 0 Å². The molecule has 14 heavy (non-hydrogen) atoms. The Bertz CT molecular complexity index is 247. The van der Waals surface area contributed by atoms with Crippen LogP contribution in [0.3, 0.4) is 0 Å². The highest BCUT2D eigenvalue weighted by atomic mass is 16.5. The molecule has 3 rings (SSSR count). The van der Waals surface area contributed by atoms with Crippen molar-refractivity contribution in [3.8, 4) is 0 Å². The average molecular weight is 194 g/mol. The van der Waals surface area contributed by atoms with Crippen molar-refractivity contribution in [3.63, 3.8) is 0 Å². The molecule has 0 radical (unpaired) electrons. The average Bonchev–Trinajstić information content (AvgIpc) is 2.93. The number of fused-ring (bicyclic) bond motifs is 1. The van der Waals surface area contributed by atoms with Gasteiger partial charge in [-0.1, -0.05) is 0 Å². The summed E-state index contributed by atoms with van der Waals surface area (Å²) >= 11 is 0. The van der Waals surface area contributed by atoms with Crippen LogP contribution in [-0.2, 0) is 9.53 Å². The molecule has 1 saturated heterocycles. The van der Waals surface area contributed by atoms with Gasteiger partial charge in [-0.05, 0) is 50.4 Å². The highest BCUT2D eigenvalue weighted by molar-refractivity contribution is 5.88. The SMILES string of the molecule is O=C1CCCC[C@]12CC[C@H]1C[C@@H]1CO2.